The third kappa shape index (κ3) is 6.04. The predicted octanol–water partition coefficient (Wildman–Crippen LogP) is 2.92. The van der Waals surface area contributed by atoms with E-state index >= 15 is 0 Å². The van der Waals surface area contributed by atoms with Gasteiger partial charge in [0, 0.05) is 39.0 Å². The molecular formula is C24H33N3O5S. The molecule has 0 saturated heterocycles. The van der Waals surface area contributed by atoms with Crippen LogP contribution in [0.25, 0.3) is 0 Å². The minimum Gasteiger partial charge on any atom is -0.491 e. The Balaban J connectivity index is 1.96. The molecule has 33 heavy (non-hydrogen) atoms. The summed E-state index contributed by atoms with van der Waals surface area (Å²) in [6, 6.07) is 13.0. The molecule has 0 unspecified atom stereocenters. The summed E-state index contributed by atoms with van der Waals surface area (Å²) in [7, 11) is 1.62. The van der Waals surface area contributed by atoms with Crippen molar-refractivity contribution >= 4 is 21.6 Å². The van der Waals surface area contributed by atoms with Gasteiger partial charge in [0.05, 0.1) is 16.6 Å². The number of methoxy groups -OCH3 is 1. The van der Waals surface area contributed by atoms with E-state index < -0.39 is 10.0 Å². The highest BCUT2D eigenvalue weighted by Gasteiger charge is 2.27. The Labute approximate surface area is 196 Å². The van der Waals surface area contributed by atoms with Crippen LogP contribution in [0.15, 0.2) is 53.4 Å². The fraction of sp³-hybridized carbons (Fsp3) is 0.458. The molecule has 0 bridgehead atoms. The maximum absolute atomic E-state index is 13.4. The molecule has 1 N–H and O–H groups in total. The van der Waals surface area contributed by atoms with E-state index in [-0.39, 0.29) is 34.6 Å². The number of carbonyl (C=O) groups excluding carboxylic acids is 1. The van der Waals surface area contributed by atoms with Crippen LogP contribution in [0.4, 0.5) is 5.69 Å². The van der Waals surface area contributed by atoms with Gasteiger partial charge in [0.25, 0.3) is 15.9 Å². The number of anilines is 1. The first-order valence-corrected chi connectivity index (χ1v) is 12.4. The smallest absolute Gasteiger partial charge is 0.261 e. The fourth-order valence-corrected chi connectivity index (χ4v) is 4.91. The number of hydrogen-bond acceptors (Lipinski definition) is 6. The van der Waals surface area contributed by atoms with Crippen molar-refractivity contribution in [2.45, 2.75) is 30.9 Å². The molecule has 0 aromatic heterocycles. The number of hydrogen-bond donors (Lipinski definition) is 1. The zero-order chi connectivity index (χ0) is 24.2. The van der Waals surface area contributed by atoms with Gasteiger partial charge in [-0.15, -0.1) is 0 Å². The summed E-state index contributed by atoms with van der Waals surface area (Å²) in [5.41, 5.74) is 0.584. The number of nitrogens with one attached hydrogen (secondary N) is 1. The van der Waals surface area contributed by atoms with E-state index in [9.17, 15) is 13.2 Å². The number of carbonyl (C=O) groups is 1. The lowest BCUT2D eigenvalue weighted by Crippen LogP contribution is -2.45. The first-order chi connectivity index (χ1) is 15.6. The minimum absolute atomic E-state index is 0.112. The van der Waals surface area contributed by atoms with Crippen molar-refractivity contribution in [3.8, 4) is 5.75 Å². The number of rotatable bonds is 4. The van der Waals surface area contributed by atoms with Crippen LogP contribution < -0.4 is 9.46 Å². The van der Waals surface area contributed by atoms with Crippen LogP contribution in [-0.4, -0.2) is 77.2 Å². The van der Waals surface area contributed by atoms with Gasteiger partial charge in [-0.25, -0.2) is 8.42 Å². The zero-order valence-electron chi connectivity index (χ0n) is 19.8. The van der Waals surface area contributed by atoms with Gasteiger partial charge in [-0.1, -0.05) is 25.1 Å². The predicted molar refractivity (Wildman–Crippen MR) is 128 cm³/mol. The standard InChI is InChI=1S/C24H33N3O5S/c1-17-14-26(3)18(2)16-32-22-12-11-19(25-33(29,30)20-9-7-6-8-10-20)13-21(22)24(28)27(4)15-23(17)31-5/h6-13,17-18,23,25H,14-16H2,1-5H3/t17-,18+,23-/m1/s1. The first kappa shape index (κ1) is 25.0. The van der Waals surface area contributed by atoms with Crippen molar-refractivity contribution < 1.29 is 22.7 Å². The van der Waals surface area contributed by atoms with Gasteiger partial charge < -0.3 is 14.4 Å². The summed E-state index contributed by atoms with van der Waals surface area (Å²) in [5.74, 6) is 0.347. The molecule has 0 fully saturated rings. The molecule has 0 aliphatic carbocycles. The lowest BCUT2D eigenvalue weighted by molar-refractivity contribution is 0.0150. The van der Waals surface area contributed by atoms with E-state index in [1.807, 2.05) is 7.05 Å². The molecule has 2 aromatic carbocycles. The third-order valence-corrected chi connectivity index (χ3v) is 7.46. The van der Waals surface area contributed by atoms with Gasteiger partial charge in [0.1, 0.15) is 12.4 Å². The second-order valence-electron chi connectivity index (χ2n) is 8.67. The van der Waals surface area contributed by atoms with Crippen LogP contribution in [0.2, 0.25) is 0 Å². The topological polar surface area (TPSA) is 88.2 Å². The van der Waals surface area contributed by atoms with Gasteiger partial charge in [-0.3, -0.25) is 14.4 Å². The molecule has 3 rings (SSSR count). The largest absolute Gasteiger partial charge is 0.491 e. The molecule has 8 nitrogen and oxygen atoms in total. The number of likely N-dealkylation sites (N-methyl/N-ethyl adjacent to an activating group) is 2. The Kier molecular flexibility index (Phi) is 7.99. The minimum atomic E-state index is -3.79. The average molecular weight is 476 g/mol. The monoisotopic (exact) mass is 475 g/mol. The van der Waals surface area contributed by atoms with Crippen molar-refractivity contribution in [1.29, 1.82) is 0 Å². The van der Waals surface area contributed by atoms with Crippen molar-refractivity contribution in [3.05, 3.63) is 54.1 Å². The molecule has 0 radical (unpaired) electrons. The van der Waals surface area contributed by atoms with Crippen LogP contribution in [0.1, 0.15) is 24.2 Å². The van der Waals surface area contributed by atoms with Crippen molar-refractivity contribution in [2.24, 2.45) is 5.92 Å². The molecule has 1 aliphatic rings. The van der Waals surface area contributed by atoms with Crippen LogP contribution in [-0.2, 0) is 14.8 Å². The molecule has 0 spiro atoms. The third-order valence-electron chi connectivity index (χ3n) is 6.06. The van der Waals surface area contributed by atoms with Crippen LogP contribution in [0.3, 0.4) is 0 Å². The van der Waals surface area contributed by atoms with Crippen molar-refractivity contribution in [3.63, 3.8) is 0 Å². The number of ether oxygens (including phenoxy) is 2. The van der Waals surface area contributed by atoms with Crippen molar-refractivity contribution in [1.82, 2.24) is 9.80 Å². The summed E-state index contributed by atoms with van der Waals surface area (Å²) in [6.45, 7) is 5.76. The maximum atomic E-state index is 13.4. The van der Waals surface area contributed by atoms with Gasteiger partial charge >= 0.3 is 0 Å². The van der Waals surface area contributed by atoms with E-state index in [2.05, 4.69) is 23.5 Å². The van der Waals surface area contributed by atoms with E-state index in [0.29, 0.717) is 24.5 Å². The van der Waals surface area contributed by atoms with Crippen molar-refractivity contribution in [2.75, 3.05) is 45.6 Å². The Hall–Kier alpha value is -2.62. The summed E-state index contributed by atoms with van der Waals surface area (Å²) < 4.78 is 39.8. The van der Waals surface area contributed by atoms with Crippen LogP contribution in [0.5, 0.6) is 5.75 Å². The highest BCUT2D eigenvalue weighted by molar-refractivity contribution is 7.92. The Morgan fingerprint density at radius 1 is 1.06 bits per heavy atom. The Bertz CT molecular complexity index is 1060. The lowest BCUT2D eigenvalue weighted by Gasteiger charge is -2.34. The SMILES string of the molecule is CO[C@@H]1CN(C)C(=O)c2cc(NS(=O)(=O)c3ccccc3)ccc2OC[C@H](C)N(C)C[C@H]1C. The van der Waals surface area contributed by atoms with E-state index in [4.69, 9.17) is 9.47 Å². The highest BCUT2D eigenvalue weighted by atomic mass is 32.2. The molecule has 3 atom stereocenters. The Morgan fingerprint density at radius 3 is 2.42 bits per heavy atom. The maximum Gasteiger partial charge on any atom is 0.261 e. The van der Waals surface area contributed by atoms with Gasteiger partial charge in [-0.2, -0.15) is 0 Å². The second kappa shape index (κ2) is 10.5. The molecule has 2 aromatic rings. The summed E-state index contributed by atoms with van der Waals surface area (Å²) in [4.78, 5) is 17.3. The van der Waals surface area contributed by atoms with Gasteiger partial charge in [-0.05, 0) is 50.2 Å². The number of nitrogens with zero attached hydrogens (tertiary/aromatic N) is 2. The van der Waals surface area contributed by atoms with E-state index in [0.717, 1.165) is 6.54 Å². The zero-order valence-corrected chi connectivity index (χ0v) is 20.6. The number of sulfonamides is 1. The molecule has 1 aliphatic heterocycles. The number of amides is 1. The molecule has 0 saturated carbocycles. The highest BCUT2D eigenvalue weighted by Crippen LogP contribution is 2.27. The molecule has 180 valence electrons. The molecule has 1 amide bonds. The number of fused-ring (bicyclic) bond motifs is 1. The van der Waals surface area contributed by atoms with E-state index in [1.54, 1.807) is 49.4 Å². The van der Waals surface area contributed by atoms with E-state index in [1.165, 1.54) is 18.2 Å². The quantitative estimate of drug-likeness (QED) is 0.732. The van der Waals surface area contributed by atoms with Gasteiger partial charge in [0.2, 0.25) is 0 Å². The molecular weight excluding hydrogens is 442 g/mol. The average Bonchev–Trinajstić information content (AvgIpc) is 2.80. The summed E-state index contributed by atoms with van der Waals surface area (Å²) in [5, 5.41) is 0. The normalized spacial score (nSPS) is 23.1. The summed E-state index contributed by atoms with van der Waals surface area (Å²) in [6.07, 6.45) is -0.142. The van der Waals surface area contributed by atoms with Gasteiger partial charge in [0.15, 0.2) is 0 Å². The molecule has 9 heteroatoms. The summed E-state index contributed by atoms with van der Waals surface area (Å²) >= 11 is 0. The molecule has 1 heterocycles. The first-order valence-electron chi connectivity index (χ1n) is 11.0. The number of benzene rings is 2. The second-order valence-corrected chi connectivity index (χ2v) is 10.3. The van der Waals surface area contributed by atoms with Crippen LogP contribution in [0, 0.1) is 5.92 Å². The lowest BCUT2D eigenvalue weighted by atomic mass is 10.0. The van der Waals surface area contributed by atoms with Crippen LogP contribution >= 0.6 is 0 Å². The Morgan fingerprint density at radius 2 is 1.76 bits per heavy atom. The fourth-order valence-electron chi connectivity index (χ4n) is 3.83.